The number of ether oxygens (including phenoxy) is 2. The summed E-state index contributed by atoms with van der Waals surface area (Å²) in [6.45, 7) is 10.9. The molecule has 26 heavy (non-hydrogen) atoms. The third kappa shape index (κ3) is 6.80. The van der Waals surface area contributed by atoms with Crippen LogP contribution in [0.15, 0.2) is 4.99 Å². The maximum atomic E-state index is 5.71. The van der Waals surface area contributed by atoms with Crippen LogP contribution in [0.4, 0.5) is 0 Å². The fraction of sp³-hybridized carbons (Fsp3) is 0.947. The van der Waals surface area contributed by atoms with Gasteiger partial charge in [0.2, 0.25) is 0 Å². The fourth-order valence-corrected chi connectivity index (χ4v) is 3.98. The summed E-state index contributed by atoms with van der Waals surface area (Å²) in [5.74, 6) is 2.45. The van der Waals surface area contributed by atoms with Gasteiger partial charge < -0.3 is 24.6 Å². The molecule has 6 nitrogen and oxygen atoms in total. The second kappa shape index (κ2) is 11.7. The molecule has 1 saturated carbocycles. The minimum absolute atomic E-state index is 0. The van der Waals surface area contributed by atoms with Crippen LogP contribution in [-0.2, 0) is 9.47 Å². The highest BCUT2D eigenvalue weighted by atomic mass is 127. The Bertz CT molecular complexity index is 434. The van der Waals surface area contributed by atoms with Crippen molar-refractivity contribution in [1.29, 1.82) is 0 Å². The van der Waals surface area contributed by atoms with Crippen LogP contribution in [0.1, 0.15) is 32.6 Å². The molecule has 0 bridgehead atoms. The van der Waals surface area contributed by atoms with Crippen molar-refractivity contribution in [3.8, 4) is 0 Å². The maximum absolute atomic E-state index is 5.71. The van der Waals surface area contributed by atoms with Crippen molar-refractivity contribution < 1.29 is 9.47 Å². The van der Waals surface area contributed by atoms with Crippen LogP contribution >= 0.6 is 24.0 Å². The first-order valence-electron chi connectivity index (χ1n) is 10.1. The number of hydrogen-bond acceptors (Lipinski definition) is 4. The number of halogens is 1. The molecule has 3 rings (SSSR count). The first-order chi connectivity index (χ1) is 12.3. The van der Waals surface area contributed by atoms with Gasteiger partial charge in [-0.1, -0.05) is 0 Å². The minimum atomic E-state index is 0. The molecule has 2 heterocycles. The Morgan fingerprint density at radius 3 is 2.62 bits per heavy atom. The van der Waals surface area contributed by atoms with Crippen LogP contribution in [0.5, 0.6) is 0 Å². The van der Waals surface area contributed by atoms with Gasteiger partial charge >= 0.3 is 0 Å². The number of aliphatic imine (C=N–C) groups is 1. The van der Waals surface area contributed by atoms with E-state index in [1.807, 2.05) is 0 Å². The molecule has 152 valence electrons. The fourth-order valence-electron chi connectivity index (χ4n) is 3.98. The largest absolute Gasteiger partial charge is 0.382 e. The smallest absolute Gasteiger partial charge is 0.193 e. The summed E-state index contributed by atoms with van der Waals surface area (Å²) in [5, 5.41) is 3.49. The lowest BCUT2D eigenvalue weighted by molar-refractivity contribution is 0.0536. The number of nitrogens with one attached hydrogen (secondary N) is 1. The Labute approximate surface area is 176 Å². The second-order valence-corrected chi connectivity index (χ2v) is 7.74. The van der Waals surface area contributed by atoms with Gasteiger partial charge in [-0.25, -0.2) is 0 Å². The number of hydrogen-bond donors (Lipinski definition) is 1. The molecule has 0 aromatic rings. The van der Waals surface area contributed by atoms with Gasteiger partial charge in [0.25, 0.3) is 0 Å². The average Bonchev–Trinajstić information content (AvgIpc) is 3.18. The number of guanidine groups is 1. The van der Waals surface area contributed by atoms with E-state index in [9.17, 15) is 0 Å². The molecule has 2 unspecified atom stereocenters. The van der Waals surface area contributed by atoms with E-state index in [1.165, 1.54) is 38.8 Å². The van der Waals surface area contributed by atoms with E-state index in [2.05, 4.69) is 22.0 Å². The summed E-state index contributed by atoms with van der Waals surface area (Å²) in [5.41, 5.74) is 0. The molecule has 0 radical (unpaired) electrons. The van der Waals surface area contributed by atoms with Crippen LogP contribution < -0.4 is 5.32 Å². The van der Waals surface area contributed by atoms with Crippen molar-refractivity contribution in [2.24, 2.45) is 16.8 Å². The van der Waals surface area contributed by atoms with Gasteiger partial charge in [-0.2, -0.15) is 0 Å². The van der Waals surface area contributed by atoms with Gasteiger partial charge in [0.05, 0.1) is 19.8 Å². The summed E-state index contributed by atoms with van der Waals surface area (Å²) in [6.07, 6.45) is 5.34. The second-order valence-electron chi connectivity index (χ2n) is 7.74. The quantitative estimate of drug-likeness (QED) is 0.237. The molecule has 2 saturated heterocycles. The molecular weight excluding hydrogens is 443 g/mol. The van der Waals surface area contributed by atoms with Gasteiger partial charge in [0.15, 0.2) is 5.96 Å². The van der Waals surface area contributed by atoms with Crippen LogP contribution in [-0.4, -0.2) is 88.0 Å². The summed E-state index contributed by atoms with van der Waals surface area (Å²) >= 11 is 0. The normalized spacial score (nSPS) is 27.0. The molecule has 2 atom stereocenters. The SMILES string of the molecule is CCNC(=NCC1CCN(C2CC2)C1)N1CCC(COCCOC)C1.I. The van der Waals surface area contributed by atoms with Gasteiger partial charge in [-0.05, 0) is 45.1 Å². The third-order valence-electron chi connectivity index (χ3n) is 5.59. The van der Waals surface area contributed by atoms with Crippen molar-refractivity contribution in [2.75, 3.05) is 66.2 Å². The first kappa shape index (κ1) is 22.2. The molecular formula is C19H37IN4O2. The number of likely N-dealkylation sites (tertiary alicyclic amines) is 2. The predicted molar refractivity (Wildman–Crippen MR) is 116 cm³/mol. The molecule has 0 aromatic carbocycles. The van der Waals surface area contributed by atoms with Crippen LogP contribution in [0.3, 0.4) is 0 Å². The number of rotatable bonds is 9. The van der Waals surface area contributed by atoms with Gasteiger partial charge in [0, 0.05) is 51.8 Å². The summed E-state index contributed by atoms with van der Waals surface area (Å²) < 4.78 is 10.7. The molecule has 1 N–H and O–H groups in total. The minimum Gasteiger partial charge on any atom is -0.382 e. The molecule has 3 fully saturated rings. The van der Waals surface area contributed by atoms with Crippen molar-refractivity contribution in [1.82, 2.24) is 15.1 Å². The van der Waals surface area contributed by atoms with Crippen molar-refractivity contribution in [3.63, 3.8) is 0 Å². The van der Waals surface area contributed by atoms with Gasteiger partial charge in [-0.3, -0.25) is 4.99 Å². The summed E-state index contributed by atoms with van der Waals surface area (Å²) in [7, 11) is 1.72. The molecule has 0 amide bonds. The Balaban J connectivity index is 0.00000243. The highest BCUT2D eigenvalue weighted by Crippen LogP contribution is 2.31. The number of methoxy groups -OCH3 is 1. The van der Waals surface area contributed by atoms with Crippen LogP contribution in [0.25, 0.3) is 0 Å². The van der Waals surface area contributed by atoms with E-state index in [4.69, 9.17) is 14.5 Å². The van der Waals surface area contributed by atoms with E-state index in [0.29, 0.717) is 19.1 Å². The maximum Gasteiger partial charge on any atom is 0.193 e. The van der Waals surface area contributed by atoms with Crippen molar-refractivity contribution >= 4 is 29.9 Å². The van der Waals surface area contributed by atoms with E-state index in [-0.39, 0.29) is 24.0 Å². The van der Waals surface area contributed by atoms with E-state index >= 15 is 0 Å². The molecule has 7 heteroatoms. The van der Waals surface area contributed by atoms with Crippen molar-refractivity contribution in [3.05, 3.63) is 0 Å². The summed E-state index contributed by atoms with van der Waals surface area (Å²) in [4.78, 5) is 10.1. The Kier molecular flexibility index (Phi) is 9.94. The van der Waals surface area contributed by atoms with E-state index in [0.717, 1.165) is 50.7 Å². The average molecular weight is 480 g/mol. The zero-order chi connectivity index (χ0) is 17.5. The highest BCUT2D eigenvalue weighted by molar-refractivity contribution is 14.0. The lowest BCUT2D eigenvalue weighted by atomic mass is 10.1. The molecule has 3 aliphatic rings. The highest BCUT2D eigenvalue weighted by Gasteiger charge is 2.34. The Morgan fingerprint density at radius 2 is 1.88 bits per heavy atom. The molecule has 1 aliphatic carbocycles. The van der Waals surface area contributed by atoms with Crippen molar-refractivity contribution in [2.45, 2.75) is 38.6 Å². The van der Waals surface area contributed by atoms with Gasteiger partial charge in [-0.15, -0.1) is 24.0 Å². The van der Waals surface area contributed by atoms with E-state index in [1.54, 1.807) is 7.11 Å². The molecule has 2 aliphatic heterocycles. The monoisotopic (exact) mass is 480 g/mol. The lowest BCUT2D eigenvalue weighted by Crippen LogP contribution is -2.40. The summed E-state index contributed by atoms with van der Waals surface area (Å²) in [6, 6.07) is 0.902. The lowest BCUT2D eigenvalue weighted by Gasteiger charge is -2.22. The van der Waals surface area contributed by atoms with Crippen LogP contribution in [0, 0.1) is 11.8 Å². The third-order valence-corrected chi connectivity index (χ3v) is 5.59. The first-order valence-corrected chi connectivity index (χ1v) is 10.1. The van der Waals surface area contributed by atoms with Gasteiger partial charge in [0.1, 0.15) is 0 Å². The number of nitrogens with zero attached hydrogens (tertiary/aromatic N) is 3. The molecule has 0 aromatic heterocycles. The predicted octanol–water partition coefficient (Wildman–Crippen LogP) is 2.04. The van der Waals surface area contributed by atoms with E-state index < -0.39 is 0 Å². The Hall–Kier alpha value is -0.120. The van der Waals surface area contributed by atoms with Crippen LogP contribution in [0.2, 0.25) is 0 Å². The topological polar surface area (TPSA) is 49.3 Å². The standard InChI is InChI=1S/C19H36N4O2.HI/c1-3-20-19(21-12-16-6-8-22(13-16)18-4-5-18)23-9-7-17(14-23)15-25-11-10-24-2;/h16-18H,3-15H2,1-2H3,(H,20,21);1H. The molecule has 0 spiro atoms. The Morgan fingerprint density at radius 1 is 1.08 bits per heavy atom. The zero-order valence-corrected chi connectivity index (χ0v) is 18.8. The zero-order valence-electron chi connectivity index (χ0n) is 16.5.